The van der Waals surface area contributed by atoms with Gasteiger partial charge in [0.05, 0.1) is 159 Å². The molecule has 0 heterocycles. The highest BCUT2D eigenvalue weighted by atomic mass is 16.6. The molecule has 0 aliphatic carbocycles. The number of carbonyl (C=O) groups is 2. The van der Waals surface area contributed by atoms with Crippen molar-refractivity contribution in [1.82, 2.24) is 5.32 Å². The number of ether oxygens (including phenoxy) is 14. The van der Waals surface area contributed by atoms with Crippen molar-refractivity contribution in [1.29, 1.82) is 0 Å². The van der Waals surface area contributed by atoms with Crippen LogP contribution < -0.4 is 15.4 Å². The molecule has 342 valence electrons. The van der Waals surface area contributed by atoms with E-state index < -0.39 is 6.09 Å². The molecule has 2 amide bonds. The Kier molecular flexibility index (Phi) is 35.9. The maximum atomic E-state index is 11.7. The largest absolute Gasteiger partial charge is 0.491 e. The predicted molar refractivity (Wildman–Crippen MR) is 221 cm³/mol. The molecule has 0 saturated carbocycles. The lowest BCUT2D eigenvalue weighted by Gasteiger charge is -2.09. The molecule has 0 atom stereocenters. The number of rotatable bonds is 43. The third-order valence-electron chi connectivity index (χ3n) is 7.49. The van der Waals surface area contributed by atoms with Gasteiger partial charge >= 0.3 is 6.09 Å². The number of anilines is 1. The smallest absolute Gasteiger partial charge is 0.407 e. The van der Waals surface area contributed by atoms with E-state index in [0.29, 0.717) is 177 Å². The van der Waals surface area contributed by atoms with Crippen LogP contribution in [0.5, 0.6) is 5.75 Å². The van der Waals surface area contributed by atoms with Crippen molar-refractivity contribution in [2.24, 2.45) is 0 Å². The van der Waals surface area contributed by atoms with E-state index in [4.69, 9.17) is 66.3 Å². The Bertz CT molecular complexity index is 1250. The molecule has 0 radical (unpaired) electrons. The van der Waals surface area contributed by atoms with Gasteiger partial charge in [-0.1, -0.05) is 30.3 Å². The van der Waals surface area contributed by atoms with E-state index in [-0.39, 0.29) is 12.5 Å². The Morgan fingerprint density at radius 1 is 0.417 bits per heavy atom. The van der Waals surface area contributed by atoms with Gasteiger partial charge in [-0.25, -0.2) is 4.79 Å². The van der Waals surface area contributed by atoms with Gasteiger partial charge < -0.3 is 76.9 Å². The predicted octanol–water partition coefficient (Wildman–Crippen LogP) is 3.15. The zero-order valence-corrected chi connectivity index (χ0v) is 35.3. The van der Waals surface area contributed by atoms with Gasteiger partial charge in [-0.05, 0) is 29.8 Å². The molecule has 2 N–H and O–H groups in total. The Hall–Kier alpha value is -3.50. The van der Waals surface area contributed by atoms with Crippen molar-refractivity contribution in [2.75, 3.05) is 177 Å². The standard InChI is InChI=1S/C42H68N2O16/c1-38(45)44-40-7-9-41(10-8-40)59-36-35-58-34-33-57-32-31-56-30-29-55-28-27-54-26-25-53-24-23-52-22-21-51-20-19-50-18-17-49-16-15-48-14-13-47-12-11-43-42(46)60-37-39-5-3-2-4-6-39/h2-10H,11-37H2,1H3,(H,43,46)(H,44,45). The van der Waals surface area contributed by atoms with Crippen LogP contribution in [0.15, 0.2) is 54.6 Å². The highest BCUT2D eigenvalue weighted by Gasteiger charge is 2.03. The van der Waals surface area contributed by atoms with Crippen LogP contribution in [0.3, 0.4) is 0 Å². The van der Waals surface area contributed by atoms with Gasteiger partial charge in [0.2, 0.25) is 5.91 Å². The summed E-state index contributed by atoms with van der Waals surface area (Å²) in [5, 5.41) is 5.35. The van der Waals surface area contributed by atoms with Gasteiger partial charge in [-0.3, -0.25) is 4.79 Å². The van der Waals surface area contributed by atoms with E-state index in [2.05, 4.69) is 10.6 Å². The summed E-state index contributed by atoms with van der Waals surface area (Å²) in [7, 11) is 0. The van der Waals surface area contributed by atoms with Crippen molar-refractivity contribution in [2.45, 2.75) is 13.5 Å². The first-order valence-electron chi connectivity index (χ1n) is 20.5. The van der Waals surface area contributed by atoms with Gasteiger partial charge in [0.25, 0.3) is 0 Å². The zero-order valence-electron chi connectivity index (χ0n) is 35.3. The molecule has 18 heteroatoms. The summed E-state index contributed by atoms with van der Waals surface area (Å²) in [5.74, 6) is 0.599. The fourth-order valence-corrected chi connectivity index (χ4v) is 4.58. The molecule has 0 saturated heterocycles. The molecular weight excluding hydrogens is 788 g/mol. The minimum Gasteiger partial charge on any atom is -0.491 e. The summed E-state index contributed by atoms with van der Waals surface area (Å²) in [4.78, 5) is 22.7. The lowest BCUT2D eigenvalue weighted by atomic mass is 10.2. The Labute approximate surface area is 354 Å². The van der Waals surface area contributed by atoms with Crippen LogP contribution in [0.25, 0.3) is 0 Å². The summed E-state index contributed by atoms with van der Waals surface area (Å²) in [6.45, 7) is 13.7. The van der Waals surface area contributed by atoms with Crippen LogP contribution in [-0.4, -0.2) is 184 Å². The normalized spacial score (nSPS) is 11.2. The fraction of sp³-hybridized carbons (Fsp3) is 0.667. The van der Waals surface area contributed by atoms with Crippen LogP contribution in [0, 0.1) is 0 Å². The lowest BCUT2D eigenvalue weighted by Crippen LogP contribution is -2.28. The quantitative estimate of drug-likeness (QED) is 0.0926. The van der Waals surface area contributed by atoms with Gasteiger partial charge in [0, 0.05) is 19.2 Å². The molecule has 0 aliphatic rings. The van der Waals surface area contributed by atoms with Crippen molar-refractivity contribution in [3.8, 4) is 5.75 Å². The molecule has 0 bridgehead atoms. The topological polar surface area (TPSA) is 187 Å². The highest BCUT2D eigenvalue weighted by Crippen LogP contribution is 2.15. The zero-order chi connectivity index (χ0) is 42.7. The fourth-order valence-electron chi connectivity index (χ4n) is 4.58. The second kappa shape index (κ2) is 40.9. The molecule has 18 nitrogen and oxygen atoms in total. The molecule has 0 unspecified atom stereocenters. The summed E-state index contributed by atoms with van der Waals surface area (Å²) < 4.78 is 76.6. The summed E-state index contributed by atoms with van der Waals surface area (Å²) >= 11 is 0. The second-order valence-electron chi connectivity index (χ2n) is 12.4. The van der Waals surface area contributed by atoms with E-state index in [1.807, 2.05) is 30.3 Å². The van der Waals surface area contributed by atoms with Crippen LogP contribution in [0.1, 0.15) is 12.5 Å². The van der Waals surface area contributed by atoms with E-state index >= 15 is 0 Å². The number of carbonyl (C=O) groups excluding carboxylic acids is 2. The molecular formula is C42H68N2O16. The van der Waals surface area contributed by atoms with Gasteiger partial charge in [0.15, 0.2) is 0 Å². The van der Waals surface area contributed by atoms with Crippen LogP contribution in [0.2, 0.25) is 0 Å². The van der Waals surface area contributed by atoms with E-state index in [1.165, 1.54) is 6.92 Å². The van der Waals surface area contributed by atoms with E-state index in [0.717, 1.165) is 11.3 Å². The van der Waals surface area contributed by atoms with Crippen molar-refractivity contribution in [3.05, 3.63) is 60.2 Å². The number of nitrogens with one attached hydrogen (secondary N) is 2. The van der Waals surface area contributed by atoms with Crippen LogP contribution in [0.4, 0.5) is 10.5 Å². The summed E-state index contributed by atoms with van der Waals surface area (Å²) in [5.41, 5.74) is 1.66. The molecule has 0 spiro atoms. The van der Waals surface area contributed by atoms with Crippen LogP contribution in [-0.2, 0) is 73.0 Å². The van der Waals surface area contributed by atoms with Crippen molar-refractivity contribution < 1.29 is 75.9 Å². The maximum Gasteiger partial charge on any atom is 0.407 e. The Morgan fingerprint density at radius 3 is 1.10 bits per heavy atom. The first kappa shape index (κ1) is 52.6. The number of alkyl carbamates (subject to hydrolysis) is 1. The molecule has 2 aromatic carbocycles. The first-order valence-corrected chi connectivity index (χ1v) is 20.5. The third kappa shape index (κ3) is 35.3. The lowest BCUT2D eigenvalue weighted by molar-refractivity contribution is -0.114. The Morgan fingerprint density at radius 2 is 0.750 bits per heavy atom. The minimum atomic E-state index is -0.474. The first-order chi connectivity index (χ1) is 29.6. The highest BCUT2D eigenvalue weighted by molar-refractivity contribution is 5.88. The molecule has 0 fully saturated rings. The molecule has 0 aliphatic heterocycles. The molecule has 60 heavy (non-hydrogen) atoms. The van der Waals surface area contributed by atoms with E-state index in [9.17, 15) is 9.59 Å². The number of benzene rings is 2. The molecule has 0 aromatic heterocycles. The average molecular weight is 857 g/mol. The SMILES string of the molecule is CC(=O)Nc1ccc(OCCOCCOCCOCCOCCOCCOCCOCCOCCOCCOCCOCCOCCNC(=O)OCc2ccccc2)cc1. The van der Waals surface area contributed by atoms with Crippen LogP contribution >= 0.6 is 0 Å². The maximum absolute atomic E-state index is 11.7. The summed E-state index contributed by atoms with van der Waals surface area (Å²) in [6, 6.07) is 16.7. The summed E-state index contributed by atoms with van der Waals surface area (Å²) in [6.07, 6.45) is -0.474. The van der Waals surface area contributed by atoms with Crippen molar-refractivity contribution >= 4 is 17.7 Å². The Balaban J connectivity index is 1.14. The molecule has 2 rings (SSSR count). The second-order valence-corrected chi connectivity index (χ2v) is 12.4. The number of hydrogen-bond donors (Lipinski definition) is 2. The van der Waals surface area contributed by atoms with Crippen molar-refractivity contribution in [3.63, 3.8) is 0 Å². The van der Waals surface area contributed by atoms with E-state index in [1.54, 1.807) is 24.3 Å². The number of hydrogen-bond acceptors (Lipinski definition) is 16. The van der Waals surface area contributed by atoms with Gasteiger partial charge in [-0.2, -0.15) is 0 Å². The monoisotopic (exact) mass is 856 g/mol. The van der Waals surface area contributed by atoms with Gasteiger partial charge in [-0.15, -0.1) is 0 Å². The average Bonchev–Trinajstić information content (AvgIpc) is 3.25. The minimum absolute atomic E-state index is 0.112. The third-order valence-corrected chi connectivity index (χ3v) is 7.49. The molecule has 2 aromatic rings. The number of amides is 2. The van der Waals surface area contributed by atoms with Gasteiger partial charge in [0.1, 0.15) is 19.0 Å².